The summed E-state index contributed by atoms with van der Waals surface area (Å²) >= 11 is 1.20. The van der Waals surface area contributed by atoms with Crippen molar-refractivity contribution in [3.05, 3.63) is 35.0 Å². The number of carbonyl (C=O) groups excluding carboxylic acids is 1. The molecule has 11 heteroatoms. The van der Waals surface area contributed by atoms with Crippen molar-refractivity contribution in [2.45, 2.75) is 50.6 Å². The van der Waals surface area contributed by atoms with Gasteiger partial charge < -0.3 is 21.5 Å². The first-order chi connectivity index (χ1) is 15.7. The predicted octanol–water partition coefficient (Wildman–Crippen LogP) is 3.94. The van der Waals surface area contributed by atoms with Crippen LogP contribution in [0.3, 0.4) is 0 Å². The minimum Gasteiger partial charge on any atom is -0.395 e. The minimum atomic E-state index is -4.35. The van der Waals surface area contributed by atoms with Crippen LogP contribution >= 0.6 is 11.8 Å². The Bertz CT molecular complexity index is 992. The van der Waals surface area contributed by atoms with Crippen LogP contribution < -0.4 is 16.4 Å². The van der Waals surface area contributed by atoms with Gasteiger partial charge in [0.2, 0.25) is 0 Å². The van der Waals surface area contributed by atoms with E-state index in [1.807, 2.05) is 20.8 Å². The van der Waals surface area contributed by atoms with Gasteiger partial charge in [-0.1, -0.05) is 20.8 Å². The van der Waals surface area contributed by atoms with Crippen LogP contribution in [0.4, 0.5) is 23.2 Å². The van der Waals surface area contributed by atoms with Gasteiger partial charge in [-0.25, -0.2) is 9.37 Å². The van der Waals surface area contributed by atoms with Crippen molar-refractivity contribution in [1.82, 2.24) is 10.3 Å². The molecule has 1 aromatic carbocycles. The number of alkyl halides is 4. The van der Waals surface area contributed by atoms with Crippen molar-refractivity contribution in [2.24, 2.45) is 5.73 Å². The number of fused-ring (bicyclic) bond motifs is 1. The number of carbonyl (C=O) groups is 1. The second-order valence-corrected chi connectivity index (χ2v) is 10.6. The summed E-state index contributed by atoms with van der Waals surface area (Å²) in [7, 11) is 0. The third-order valence-electron chi connectivity index (χ3n) is 5.10. The quantitative estimate of drug-likeness (QED) is 0.366. The maximum Gasteiger partial charge on any atom is 0.405 e. The number of thioether (sulfide) groups is 1. The molecule has 0 radical (unpaired) electrons. The lowest BCUT2D eigenvalue weighted by atomic mass is 9.84. The number of aliphatic hydroxyl groups excluding tert-OH is 1. The molecule has 1 amide bonds. The molecule has 34 heavy (non-hydrogen) atoms. The zero-order chi connectivity index (χ0) is 25.7. The highest BCUT2D eigenvalue weighted by Crippen LogP contribution is 2.34. The highest BCUT2D eigenvalue weighted by atomic mass is 32.2. The van der Waals surface area contributed by atoms with E-state index < -0.39 is 42.0 Å². The van der Waals surface area contributed by atoms with Gasteiger partial charge in [-0.05, 0) is 41.7 Å². The van der Waals surface area contributed by atoms with Crippen LogP contribution in [0.1, 0.15) is 42.4 Å². The van der Waals surface area contributed by atoms with E-state index in [-0.39, 0.29) is 18.8 Å². The number of nitrogens with two attached hydrogens (primary N) is 1. The van der Waals surface area contributed by atoms with Gasteiger partial charge in [0.25, 0.3) is 5.91 Å². The van der Waals surface area contributed by atoms with E-state index in [4.69, 9.17) is 10.8 Å². The fourth-order valence-corrected chi connectivity index (χ4v) is 4.09. The Morgan fingerprint density at radius 3 is 2.47 bits per heavy atom. The molecule has 0 saturated heterocycles. The Balaban J connectivity index is 2.27. The molecule has 1 heterocycles. The van der Waals surface area contributed by atoms with Gasteiger partial charge in [0, 0.05) is 29.4 Å². The third-order valence-corrected chi connectivity index (χ3v) is 6.47. The largest absolute Gasteiger partial charge is 0.405 e. The number of aliphatic hydroxyl groups is 1. The summed E-state index contributed by atoms with van der Waals surface area (Å²) in [5, 5.41) is 14.3. The molecule has 2 aromatic rings. The Labute approximate surface area is 201 Å². The molecule has 0 saturated carbocycles. The summed E-state index contributed by atoms with van der Waals surface area (Å²) < 4.78 is 50.8. The summed E-state index contributed by atoms with van der Waals surface area (Å²) in [5.74, 6) is -0.0737. The Hall–Kier alpha value is -2.11. The first-order valence-corrected chi connectivity index (χ1v) is 11.9. The van der Waals surface area contributed by atoms with Gasteiger partial charge in [-0.15, -0.1) is 0 Å². The normalized spacial score (nSPS) is 14.2. The summed E-state index contributed by atoms with van der Waals surface area (Å²) in [6.07, 6.45) is -4.35. The maximum absolute atomic E-state index is 12.8. The smallest absolute Gasteiger partial charge is 0.395 e. The first kappa shape index (κ1) is 28.1. The van der Waals surface area contributed by atoms with Gasteiger partial charge in [0.05, 0.1) is 17.4 Å². The second-order valence-electron chi connectivity index (χ2n) is 9.23. The molecule has 0 aliphatic heterocycles. The number of amides is 1. The molecule has 5 N–H and O–H groups in total. The molecule has 190 valence electrons. The number of rotatable bonds is 10. The van der Waals surface area contributed by atoms with Gasteiger partial charge >= 0.3 is 6.18 Å². The molecular formula is C23H32F4N4O2S. The van der Waals surface area contributed by atoms with Crippen molar-refractivity contribution < 1.29 is 27.5 Å². The van der Waals surface area contributed by atoms with E-state index in [2.05, 4.69) is 15.6 Å². The molecule has 2 rings (SSSR count). The first-order valence-electron chi connectivity index (χ1n) is 10.8. The average Bonchev–Trinajstić information content (AvgIpc) is 2.75. The number of anilines is 1. The number of benzene rings is 1. The molecule has 1 unspecified atom stereocenters. The molecule has 0 aliphatic carbocycles. The number of hydrogen-bond acceptors (Lipinski definition) is 6. The van der Waals surface area contributed by atoms with Gasteiger partial charge in [0.1, 0.15) is 18.9 Å². The van der Waals surface area contributed by atoms with Crippen LogP contribution in [0.25, 0.3) is 10.9 Å². The lowest BCUT2D eigenvalue weighted by Crippen LogP contribution is -2.39. The Morgan fingerprint density at radius 1 is 1.24 bits per heavy atom. The fourth-order valence-electron chi connectivity index (χ4n) is 3.26. The molecule has 1 aromatic heterocycles. The van der Waals surface area contributed by atoms with Gasteiger partial charge in [-0.2, -0.15) is 24.9 Å². The van der Waals surface area contributed by atoms with Crippen LogP contribution in [0.2, 0.25) is 0 Å². The number of pyridine rings is 1. The van der Waals surface area contributed by atoms with Crippen LogP contribution in [-0.2, 0) is 5.41 Å². The molecule has 0 aliphatic rings. The number of halogens is 4. The number of nitrogens with zero attached hydrogens (tertiary/aromatic N) is 1. The van der Waals surface area contributed by atoms with Crippen LogP contribution in [0.15, 0.2) is 18.2 Å². The van der Waals surface area contributed by atoms with E-state index in [1.165, 1.54) is 11.8 Å². The van der Waals surface area contributed by atoms with Crippen LogP contribution in [-0.4, -0.2) is 65.6 Å². The monoisotopic (exact) mass is 504 g/mol. The number of aromatic nitrogens is 1. The summed E-state index contributed by atoms with van der Waals surface area (Å²) in [6.45, 7) is 5.58. The third kappa shape index (κ3) is 7.99. The molecule has 6 nitrogen and oxygen atoms in total. The predicted molar refractivity (Wildman–Crippen MR) is 129 cm³/mol. The second kappa shape index (κ2) is 11.5. The van der Waals surface area contributed by atoms with E-state index in [0.29, 0.717) is 33.5 Å². The summed E-state index contributed by atoms with van der Waals surface area (Å²) in [6, 6.07) is 4.39. The average molecular weight is 505 g/mol. The van der Waals surface area contributed by atoms with Gasteiger partial charge in [-0.3, -0.25) is 4.79 Å². The lowest BCUT2D eigenvalue weighted by Gasteiger charge is -2.23. The lowest BCUT2D eigenvalue weighted by molar-refractivity contribution is -0.115. The number of hydrogen-bond donors (Lipinski definition) is 4. The van der Waals surface area contributed by atoms with Crippen LogP contribution in [0.5, 0.6) is 0 Å². The molecule has 2 atom stereocenters. The Kier molecular flexibility index (Phi) is 9.55. The highest BCUT2D eigenvalue weighted by molar-refractivity contribution is 8.00. The Morgan fingerprint density at radius 2 is 1.91 bits per heavy atom. The summed E-state index contributed by atoms with van der Waals surface area (Å²) in [5.41, 5.74) is 8.00. The van der Waals surface area contributed by atoms with E-state index in [0.717, 1.165) is 0 Å². The van der Waals surface area contributed by atoms with Crippen molar-refractivity contribution >= 4 is 34.3 Å². The zero-order valence-corrected chi connectivity index (χ0v) is 20.5. The van der Waals surface area contributed by atoms with Gasteiger partial charge in [0.15, 0.2) is 0 Å². The van der Waals surface area contributed by atoms with Crippen molar-refractivity contribution in [3.63, 3.8) is 0 Å². The molecule has 0 spiro atoms. The highest BCUT2D eigenvalue weighted by Gasteiger charge is 2.27. The SMILES string of the molecule is Cc1cc(C(=O)NC[C@@H](N)CSC(CO)CF)nc2c(C(C)(C)C)cc(NCC(F)(F)F)cc12. The standard InChI is InChI=1S/C23H32F4N4O2S/c1-13-5-19(21(33)29-9-14(28)11-34-16(8-24)10-32)31-20-17(13)6-15(30-12-23(25,26)27)7-18(20)22(2,3)4/h5-7,14,16,30,32H,8-12,28H2,1-4H3,(H,29,33)/t14-,16?/m1/s1. The van der Waals surface area contributed by atoms with Crippen molar-refractivity contribution in [3.8, 4) is 0 Å². The van der Waals surface area contributed by atoms with Crippen LogP contribution in [0, 0.1) is 6.92 Å². The summed E-state index contributed by atoms with van der Waals surface area (Å²) in [4.78, 5) is 17.3. The zero-order valence-electron chi connectivity index (χ0n) is 19.7. The van der Waals surface area contributed by atoms with Crippen molar-refractivity contribution in [2.75, 3.05) is 37.4 Å². The maximum atomic E-state index is 12.8. The molecule has 0 fully saturated rings. The fraction of sp³-hybridized carbons (Fsp3) is 0.565. The van der Waals surface area contributed by atoms with E-state index in [1.54, 1.807) is 25.1 Å². The number of nitrogens with one attached hydrogen (secondary N) is 2. The van der Waals surface area contributed by atoms with E-state index >= 15 is 0 Å². The molecule has 0 bridgehead atoms. The number of aryl methyl sites for hydroxylation is 1. The topological polar surface area (TPSA) is 100 Å². The minimum absolute atomic E-state index is 0.140. The molecular weight excluding hydrogens is 472 g/mol. The van der Waals surface area contributed by atoms with Crippen molar-refractivity contribution in [1.29, 1.82) is 0 Å². The van der Waals surface area contributed by atoms with E-state index in [9.17, 15) is 22.4 Å².